The first-order chi connectivity index (χ1) is 9.81. The maximum absolute atomic E-state index is 11.2. The fourth-order valence-corrected chi connectivity index (χ4v) is 1.87. The van der Waals surface area contributed by atoms with Crippen LogP contribution in [0.3, 0.4) is 0 Å². The molecular formula is C14H19N5O2. The number of carboxylic acids is 1. The summed E-state index contributed by atoms with van der Waals surface area (Å²) in [7, 11) is 3.93. The van der Waals surface area contributed by atoms with E-state index in [2.05, 4.69) is 15.5 Å². The fourth-order valence-electron chi connectivity index (χ4n) is 1.87. The van der Waals surface area contributed by atoms with Crippen LogP contribution in [0.2, 0.25) is 0 Å². The van der Waals surface area contributed by atoms with Crippen LogP contribution in [-0.2, 0) is 11.3 Å². The van der Waals surface area contributed by atoms with Crippen LogP contribution in [0.5, 0.6) is 0 Å². The number of carbonyl (C=O) groups is 1. The van der Waals surface area contributed by atoms with Crippen LogP contribution in [0.15, 0.2) is 24.3 Å². The van der Waals surface area contributed by atoms with Crippen molar-refractivity contribution < 1.29 is 9.90 Å². The number of anilines is 1. The van der Waals surface area contributed by atoms with Gasteiger partial charge in [-0.25, -0.2) is 4.68 Å². The summed E-state index contributed by atoms with van der Waals surface area (Å²) in [6.45, 7) is 3.51. The lowest BCUT2D eigenvalue weighted by Crippen LogP contribution is -2.30. The van der Waals surface area contributed by atoms with Crippen molar-refractivity contribution in [3.05, 3.63) is 24.3 Å². The van der Waals surface area contributed by atoms with E-state index in [-0.39, 0.29) is 6.54 Å². The Morgan fingerprint density at radius 2 is 1.90 bits per heavy atom. The topological polar surface area (TPSA) is 84.1 Å². The quantitative estimate of drug-likeness (QED) is 0.898. The zero-order valence-electron chi connectivity index (χ0n) is 12.6. The maximum atomic E-state index is 11.2. The summed E-state index contributed by atoms with van der Waals surface area (Å²) in [6.07, 6.45) is 0. The summed E-state index contributed by atoms with van der Waals surface area (Å²) in [5.74, 6) is -0.318. The van der Waals surface area contributed by atoms with Gasteiger partial charge >= 0.3 is 5.97 Å². The van der Waals surface area contributed by atoms with Crippen LogP contribution < -0.4 is 4.90 Å². The number of hydrogen-bond donors (Lipinski definition) is 1. The summed E-state index contributed by atoms with van der Waals surface area (Å²) in [6, 6.07) is 7.78. The van der Waals surface area contributed by atoms with E-state index in [4.69, 9.17) is 0 Å². The van der Waals surface area contributed by atoms with Crippen molar-refractivity contribution in [2.45, 2.75) is 20.4 Å². The third-order valence-electron chi connectivity index (χ3n) is 3.30. The summed E-state index contributed by atoms with van der Waals surface area (Å²) < 4.78 is 1.53. The molecule has 0 radical (unpaired) electrons. The van der Waals surface area contributed by atoms with E-state index in [1.54, 1.807) is 13.8 Å². The number of benzene rings is 1. The number of aliphatic carboxylic acids is 1. The second-order valence-corrected chi connectivity index (χ2v) is 5.79. The predicted octanol–water partition coefficient (Wildman–Crippen LogP) is 1.52. The minimum absolute atomic E-state index is 0.208. The molecule has 1 N–H and O–H groups in total. The molecule has 0 bridgehead atoms. The maximum Gasteiger partial charge on any atom is 0.310 e. The normalized spacial score (nSPS) is 11.4. The highest BCUT2D eigenvalue weighted by Gasteiger charge is 2.29. The number of aromatic nitrogens is 4. The van der Waals surface area contributed by atoms with Gasteiger partial charge in [-0.1, -0.05) is 0 Å². The standard InChI is InChI=1S/C14H19N5O2/c1-14(2,13(20)21)9-19-12(15-16-17-19)10-5-7-11(8-6-10)18(3)4/h5-8H,9H2,1-4H3,(H,20,21). The SMILES string of the molecule is CN(C)c1ccc(-c2nnnn2CC(C)(C)C(=O)O)cc1. The molecule has 0 amide bonds. The fraction of sp³-hybridized carbons (Fsp3) is 0.429. The van der Waals surface area contributed by atoms with Gasteiger partial charge in [0.05, 0.1) is 12.0 Å². The van der Waals surface area contributed by atoms with Crippen LogP contribution in [0.1, 0.15) is 13.8 Å². The largest absolute Gasteiger partial charge is 0.481 e. The van der Waals surface area contributed by atoms with E-state index < -0.39 is 11.4 Å². The zero-order chi connectivity index (χ0) is 15.6. The number of rotatable bonds is 5. The van der Waals surface area contributed by atoms with Crippen molar-refractivity contribution in [2.75, 3.05) is 19.0 Å². The van der Waals surface area contributed by atoms with Crippen molar-refractivity contribution in [1.82, 2.24) is 20.2 Å². The molecule has 1 aromatic heterocycles. The number of nitrogens with zero attached hydrogens (tertiary/aromatic N) is 5. The molecular weight excluding hydrogens is 270 g/mol. The van der Waals surface area contributed by atoms with Crippen LogP contribution in [0.4, 0.5) is 5.69 Å². The van der Waals surface area contributed by atoms with Gasteiger partial charge in [0.2, 0.25) is 0 Å². The van der Waals surface area contributed by atoms with E-state index in [1.165, 1.54) is 4.68 Å². The molecule has 0 aliphatic heterocycles. The average Bonchev–Trinajstić information content (AvgIpc) is 2.86. The van der Waals surface area contributed by atoms with Gasteiger partial charge in [0.15, 0.2) is 5.82 Å². The monoisotopic (exact) mass is 289 g/mol. The molecule has 0 saturated heterocycles. The van der Waals surface area contributed by atoms with Gasteiger partial charge in [-0.3, -0.25) is 4.79 Å². The summed E-state index contributed by atoms with van der Waals surface area (Å²) in [4.78, 5) is 13.2. The highest BCUT2D eigenvalue weighted by molar-refractivity contribution is 5.73. The van der Waals surface area contributed by atoms with E-state index >= 15 is 0 Å². The molecule has 7 nitrogen and oxygen atoms in total. The molecule has 21 heavy (non-hydrogen) atoms. The molecule has 0 spiro atoms. The molecule has 2 aromatic rings. The molecule has 1 heterocycles. The molecule has 0 saturated carbocycles. The van der Waals surface area contributed by atoms with Crippen molar-refractivity contribution >= 4 is 11.7 Å². The minimum Gasteiger partial charge on any atom is -0.481 e. The summed E-state index contributed by atoms with van der Waals surface area (Å²) >= 11 is 0. The van der Waals surface area contributed by atoms with Crippen molar-refractivity contribution in [1.29, 1.82) is 0 Å². The lowest BCUT2D eigenvalue weighted by molar-refractivity contribution is -0.147. The molecule has 1 aromatic carbocycles. The predicted molar refractivity (Wildman–Crippen MR) is 79.0 cm³/mol. The molecule has 112 valence electrons. The molecule has 0 aliphatic rings. The van der Waals surface area contributed by atoms with Gasteiger partial charge < -0.3 is 10.0 Å². The van der Waals surface area contributed by atoms with Gasteiger partial charge in [-0.2, -0.15) is 0 Å². The van der Waals surface area contributed by atoms with E-state index in [0.717, 1.165) is 11.3 Å². The second kappa shape index (κ2) is 5.51. The van der Waals surface area contributed by atoms with Crippen LogP contribution in [0, 0.1) is 5.41 Å². The second-order valence-electron chi connectivity index (χ2n) is 5.79. The minimum atomic E-state index is -0.937. The number of hydrogen-bond acceptors (Lipinski definition) is 5. The Morgan fingerprint density at radius 1 is 1.29 bits per heavy atom. The molecule has 0 fully saturated rings. The first-order valence-corrected chi connectivity index (χ1v) is 6.58. The van der Waals surface area contributed by atoms with Gasteiger partial charge in [0.25, 0.3) is 0 Å². The van der Waals surface area contributed by atoms with Crippen molar-refractivity contribution in [2.24, 2.45) is 5.41 Å². The Hall–Kier alpha value is -2.44. The van der Waals surface area contributed by atoms with E-state index in [0.29, 0.717) is 5.82 Å². The van der Waals surface area contributed by atoms with E-state index in [9.17, 15) is 9.90 Å². The Morgan fingerprint density at radius 3 is 2.43 bits per heavy atom. The highest BCUT2D eigenvalue weighted by atomic mass is 16.4. The molecule has 7 heteroatoms. The van der Waals surface area contributed by atoms with Gasteiger partial charge in [0, 0.05) is 25.3 Å². The van der Waals surface area contributed by atoms with Gasteiger partial charge in [-0.15, -0.1) is 5.10 Å². The van der Waals surface area contributed by atoms with Crippen molar-refractivity contribution in [3.8, 4) is 11.4 Å². The van der Waals surface area contributed by atoms with Crippen LogP contribution in [-0.4, -0.2) is 45.4 Å². The first-order valence-electron chi connectivity index (χ1n) is 6.58. The molecule has 2 rings (SSSR count). The summed E-state index contributed by atoms with van der Waals surface area (Å²) in [5, 5.41) is 20.8. The highest BCUT2D eigenvalue weighted by Crippen LogP contribution is 2.23. The third kappa shape index (κ3) is 3.18. The zero-order valence-corrected chi connectivity index (χ0v) is 12.6. The van der Waals surface area contributed by atoms with Gasteiger partial charge in [-0.05, 0) is 48.5 Å². The van der Waals surface area contributed by atoms with Crippen LogP contribution in [0.25, 0.3) is 11.4 Å². The molecule has 0 aliphatic carbocycles. The summed E-state index contributed by atoms with van der Waals surface area (Å²) in [5.41, 5.74) is 0.990. The lowest BCUT2D eigenvalue weighted by Gasteiger charge is -2.19. The Kier molecular flexibility index (Phi) is 3.93. The van der Waals surface area contributed by atoms with Crippen LogP contribution >= 0.6 is 0 Å². The van der Waals surface area contributed by atoms with Gasteiger partial charge in [0.1, 0.15) is 0 Å². The van der Waals surface area contributed by atoms with Crippen molar-refractivity contribution in [3.63, 3.8) is 0 Å². The lowest BCUT2D eigenvalue weighted by atomic mass is 9.94. The number of tetrazole rings is 1. The molecule has 0 atom stereocenters. The first kappa shape index (κ1) is 15.0. The Bertz CT molecular complexity index is 631. The van der Waals surface area contributed by atoms with E-state index in [1.807, 2.05) is 43.3 Å². The third-order valence-corrected chi connectivity index (χ3v) is 3.30. The Labute approximate surface area is 123 Å². The Balaban J connectivity index is 2.30. The smallest absolute Gasteiger partial charge is 0.310 e. The average molecular weight is 289 g/mol. The number of carboxylic acid groups (broad SMARTS) is 1. The molecule has 0 unspecified atom stereocenters.